The van der Waals surface area contributed by atoms with Crippen molar-refractivity contribution in [3.05, 3.63) is 46.7 Å². The van der Waals surface area contributed by atoms with Crippen molar-refractivity contribution in [2.45, 2.75) is 6.92 Å². The summed E-state index contributed by atoms with van der Waals surface area (Å²) in [6.07, 6.45) is 1.55. The summed E-state index contributed by atoms with van der Waals surface area (Å²) in [5.74, 6) is -0.523. The van der Waals surface area contributed by atoms with E-state index in [9.17, 15) is 9.59 Å². The van der Waals surface area contributed by atoms with E-state index >= 15 is 0 Å². The quantitative estimate of drug-likeness (QED) is 0.920. The van der Waals surface area contributed by atoms with Gasteiger partial charge in [0, 0.05) is 18.3 Å². The molecule has 0 aliphatic carbocycles. The number of hydrogen-bond acceptors (Lipinski definition) is 3. The van der Waals surface area contributed by atoms with Crippen molar-refractivity contribution in [2.24, 2.45) is 12.8 Å². The molecule has 0 radical (unpaired) electrons. The Balaban J connectivity index is 2.44. The van der Waals surface area contributed by atoms with Crippen LogP contribution in [0.25, 0.3) is 0 Å². The van der Waals surface area contributed by atoms with Crippen LogP contribution >= 0.6 is 11.6 Å². The first-order valence-electron chi connectivity index (χ1n) is 5.80. The average molecular weight is 293 g/mol. The molecule has 7 heteroatoms. The van der Waals surface area contributed by atoms with Gasteiger partial charge in [-0.3, -0.25) is 9.48 Å². The average Bonchev–Trinajstić information content (AvgIpc) is 2.70. The summed E-state index contributed by atoms with van der Waals surface area (Å²) < 4.78 is 1.50. The van der Waals surface area contributed by atoms with Gasteiger partial charge in [0.2, 0.25) is 0 Å². The molecular formula is C13H13ClN4O2. The number of aryl methyl sites for hydroxylation is 2. The minimum Gasteiger partial charge on any atom is -0.351 e. The molecule has 6 nitrogen and oxygen atoms in total. The summed E-state index contributed by atoms with van der Waals surface area (Å²) in [5, 5.41) is 4.58. The van der Waals surface area contributed by atoms with Crippen molar-refractivity contribution in [2.75, 3.05) is 4.90 Å². The number of amides is 3. The van der Waals surface area contributed by atoms with Gasteiger partial charge in [0.25, 0.3) is 5.91 Å². The van der Waals surface area contributed by atoms with E-state index in [4.69, 9.17) is 17.3 Å². The maximum Gasteiger partial charge on any atom is 0.326 e. The Morgan fingerprint density at radius 2 is 1.90 bits per heavy atom. The van der Waals surface area contributed by atoms with E-state index in [1.807, 2.05) is 0 Å². The zero-order valence-corrected chi connectivity index (χ0v) is 11.8. The number of rotatable bonds is 2. The Hall–Kier alpha value is -2.34. The van der Waals surface area contributed by atoms with Crippen LogP contribution in [0.3, 0.4) is 0 Å². The number of nitrogens with zero attached hydrogens (tertiary/aromatic N) is 3. The molecule has 0 unspecified atom stereocenters. The van der Waals surface area contributed by atoms with Gasteiger partial charge in [-0.1, -0.05) is 11.6 Å². The summed E-state index contributed by atoms with van der Waals surface area (Å²) in [6, 6.07) is 5.40. The molecule has 1 aromatic heterocycles. The van der Waals surface area contributed by atoms with Crippen LogP contribution in [-0.4, -0.2) is 21.7 Å². The lowest BCUT2D eigenvalue weighted by molar-refractivity contribution is 0.0994. The third-order valence-corrected chi connectivity index (χ3v) is 3.00. The van der Waals surface area contributed by atoms with E-state index in [1.54, 1.807) is 44.4 Å². The lowest BCUT2D eigenvalue weighted by atomic mass is 10.2. The number of halogens is 1. The number of imide groups is 1. The van der Waals surface area contributed by atoms with Gasteiger partial charge in [-0.15, -0.1) is 0 Å². The van der Waals surface area contributed by atoms with E-state index in [-0.39, 0.29) is 0 Å². The fraction of sp³-hybridized carbons (Fsp3) is 0.154. The fourth-order valence-electron chi connectivity index (χ4n) is 1.86. The predicted octanol–water partition coefficient (Wildman–Crippen LogP) is 2.11. The van der Waals surface area contributed by atoms with Crippen LogP contribution in [0.2, 0.25) is 5.02 Å². The largest absolute Gasteiger partial charge is 0.351 e. The molecule has 0 atom stereocenters. The van der Waals surface area contributed by atoms with Crippen LogP contribution in [-0.2, 0) is 7.05 Å². The standard InChI is InChI=1S/C13H13ClN4O2/c1-8-11(7-17(2)16-8)12(19)18(13(15)20)10-5-3-9(14)4-6-10/h3-7H,1-2H3,(H2,15,20). The van der Waals surface area contributed by atoms with Gasteiger partial charge in [0.15, 0.2) is 0 Å². The summed E-state index contributed by atoms with van der Waals surface area (Å²) in [5.41, 5.74) is 6.51. The molecule has 0 bridgehead atoms. The predicted molar refractivity (Wildman–Crippen MR) is 75.8 cm³/mol. The molecule has 1 aromatic carbocycles. The molecule has 1 heterocycles. The maximum atomic E-state index is 12.4. The number of aromatic nitrogens is 2. The Kier molecular flexibility index (Phi) is 3.76. The molecule has 2 N–H and O–H groups in total. The summed E-state index contributed by atoms with van der Waals surface area (Å²) in [6.45, 7) is 1.69. The summed E-state index contributed by atoms with van der Waals surface area (Å²) >= 11 is 5.79. The highest BCUT2D eigenvalue weighted by Crippen LogP contribution is 2.21. The third kappa shape index (κ3) is 2.65. The third-order valence-electron chi connectivity index (χ3n) is 2.75. The second-order valence-electron chi connectivity index (χ2n) is 4.26. The summed E-state index contributed by atoms with van der Waals surface area (Å²) in [4.78, 5) is 24.9. The molecule has 0 saturated carbocycles. The van der Waals surface area contributed by atoms with Crippen molar-refractivity contribution in [3.8, 4) is 0 Å². The van der Waals surface area contributed by atoms with E-state index in [2.05, 4.69) is 5.10 Å². The Labute approximate surface area is 120 Å². The van der Waals surface area contributed by atoms with Crippen molar-refractivity contribution in [1.29, 1.82) is 0 Å². The number of anilines is 1. The van der Waals surface area contributed by atoms with Gasteiger partial charge in [0.1, 0.15) is 0 Å². The minimum absolute atomic E-state index is 0.321. The van der Waals surface area contributed by atoms with Crippen LogP contribution in [0, 0.1) is 6.92 Å². The fourth-order valence-corrected chi connectivity index (χ4v) is 1.99. The van der Waals surface area contributed by atoms with E-state index in [0.717, 1.165) is 4.90 Å². The van der Waals surface area contributed by atoms with Crippen molar-refractivity contribution < 1.29 is 9.59 Å². The highest BCUT2D eigenvalue weighted by Gasteiger charge is 2.25. The topological polar surface area (TPSA) is 81.2 Å². The molecule has 0 spiro atoms. The van der Waals surface area contributed by atoms with Gasteiger partial charge >= 0.3 is 6.03 Å². The smallest absolute Gasteiger partial charge is 0.326 e. The molecule has 20 heavy (non-hydrogen) atoms. The van der Waals surface area contributed by atoms with Crippen molar-refractivity contribution >= 4 is 29.2 Å². The number of carbonyl (C=O) groups excluding carboxylic acids is 2. The number of carbonyl (C=O) groups is 2. The Morgan fingerprint density at radius 1 is 1.30 bits per heavy atom. The number of nitrogens with two attached hydrogens (primary N) is 1. The highest BCUT2D eigenvalue weighted by molar-refractivity contribution is 6.30. The Bertz CT molecular complexity index is 664. The van der Waals surface area contributed by atoms with E-state index < -0.39 is 11.9 Å². The summed E-state index contributed by atoms with van der Waals surface area (Å²) in [7, 11) is 1.70. The molecule has 2 aromatic rings. The van der Waals surface area contributed by atoms with Crippen molar-refractivity contribution in [1.82, 2.24) is 9.78 Å². The molecular weight excluding hydrogens is 280 g/mol. The lowest BCUT2D eigenvalue weighted by Gasteiger charge is -2.18. The lowest BCUT2D eigenvalue weighted by Crippen LogP contribution is -2.41. The molecule has 2 rings (SSSR count). The number of benzene rings is 1. The molecule has 104 valence electrons. The van der Waals surface area contributed by atoms with Crippen LogP contribution in [0.4, 0.5) is 10.5 Å². The van der Waals surface area contributed by atoms with Gasteiger partial charge < -0.3 is 5.73 Å². The van der Waals surface area contributed by atoms with Gasteiger partial charge in [-0.25, -0.2) is 9.69 Å². The highest BCUT2D eigenvalue weighted by atomic mass is 35.5. The molecule has 3 amide bonds. The van der Waals surface area contributed by atoms with Crippen molar-refractivity contribution in [3.63, 3.8) is 0 Å². The first-order chi connectivity index (χ1) is 9.40. The number of hydrogen-bond donors (Lipinski definition) is 1. The normalized spacial score (nSPS) is 10.3. The van der Waals surface area contributed by atoms with Crippen LogP contribution in [0.15, 0.2) is 30.5 Å². The zero-order chi connectivity index (χ0) is 14.9. The number of urea groups is 1. The van der Waals surface area contributed by atoms with Crippen LogP contribution < -0.4 is 10.6 Å². The van der Waals surface area contributed by atoms with Gasteiger partial charge in [-0.05, 0) is 31.2 Å². The van der Waals surface area contributed by atoms with Crippen LogP contribution in [0.1, 0.15) is 16.1 Å². The maximum absolute atomic E-state index is 12.4. The van der Waals surface area contributed by atoms with Gasteiger partial charge in [0.05, 0.1) is 16.9 Å². The zero-order valence-electron chi connectivity index (χ0n) is 11.0. The minimum atomic E-state index is -0.861. The van der Waals surface area contributed by atoms with Crippen LogP contribution in [0.5, 0.6) is 0 Å². The van der Waals surface area contributed by atoms with E-state index in [1.165, 1.54) is 4.68 Å². The first-order valence-corrected chi connectivity index (χ1v) is 6.17. The Morgan fingerprint density at radius 3 is 2.35 bits per heavy atom. The first kappa shape index (κ1) is 14.1. The molecule has 0 fully saturated rings. The monoisotopic (exact) mass is 292 g/mol. The second kappa shape index (κ2) is 5.34. The molecule has 0 saturated heterocycles. The van der Waals surface area contributed by atoms with Gasteiger partial charge in [-0.2, -0.15) is 5.10 Å². The molecule has 0 aliphatic rings. The molecule has 0 aliphatic heterocycles. The SMILES string of the molecule is Cc1nn(C)cc1C(=O)N(C(N)=O)c1ccc(Cl)cc1. The van der Waals surface area contributed by atoms with E-state index in [0.29, 0.717) is 22.0 Å². The number of primary amides is 1. The second-order valence-corrected chi connectivity index (χ2v) is 4.69.